The molecule has 0 aromatic heterocycles. The summed E-state index contributed by atoms with van der Waals surface area (Å²) in [5, 5.41) is 13.8. The van der Waals surface area contributed by atoms with Crippen molar-refractivity contribution >= 4 is 29.1 Å². The van der Waals surface area contributed by atoms with Gasteiger partial charge in [-0.25, -0.2) is 0 Å². The van der Waals surface area contributed by atoms with Gasteiger partial charge in [-0.3, -0.25) is 9.59 Å². The van der Waals surface area contributed by atoms with Gasteiger partial charge in [-0.15, -0.1) is 0 Å². The van der Waals surface area contributed by atoms with E-state index in [0.29, 0.717) is 17.3 Å². The Morgan fingerprint density at radius 2 is 2.17 bits per heavy atom. The molecule has 0 unspecified atom stereocenters. The van der Waals surface area contributed by atoms with E-state index in [-0.39, 0.29) is 17.9 Å². The van der Waals surface area contributed by atoms with E-state index in [1.54, 1.807) is 19.1 Å². The number of halogens is 1. The van der Waals surface area contributed by atoms with Gasteiger partial charge in [-0.2, -0.15) is 5.26 Å². The van der Waals surface area contributed by atoms with Crippen molar-refractivity contribution in [3.05, 3.63) is 28.8 Å². The lowest BCUT2D eigenvalue weighted by Gasteiger charge is -2.08. The monoisotopic (exact) mass is 265 g/mol. The fourth-order valence-electron chi connectivity index (χ4n) is 1.31. The molecule has 0 radical (unpaired) electrons. The number of benzene rings is 1. The SMILES string of the molecule is CCNC(=O)c1cc(NC(=O)CC#N)ccc1Cl. The second-order valence-corrected chi connectivity index (χ2v) is 3.84. The van der Waals surface area contributed by atoms with Gasteiger partial charge in [-0.05, 0) is 25.1 Å². The van der Waals surface area contributed by atoms with Gasteiger partial charge in [0.05, 0.1) is 16.7 Å². The van der Waals surface area contributed by atoms with Crippen LogP contribution in [-0.2, 0) is 4.79 Å². The third-order valence-corrected chi connectivity index (χ3v) is 2.40. The van der Waals surface area contributed by atoms with Crippen molar-refractivity contribution in [1.29, 1.82) is 5.26 Å². The van der Waals surface area contributed by atoms with Crippen LogP contribution in [0.15, 0.2) is 18.2 Å². The van der Waals surface area contributed by atoms with E-state index in [1.807, 2.05) is 0 Å². The van der Waals surface area contributed by atoms with Gasteiger partial charge < -0.3 is 10.6 Å². The molecule has 1 aromatic rings. The summed E-state index contributed by atoms with van der Waals surface area (Å²) in [6.45, 7) is 2.28. The van der Waals surface area contributed by atoms with E-state index in [0.717, 1.165) is 0 Å². The van der Waals surface area contributed by atoms with Gasteiger partial charge >= 0.3 is 0 Å². The van der Waals surface area contributed by atoms with E-state index in [2.05, 4.69) is 10.6 Å². The van der Waals surface area contributed by atoms with Crippen LogP contribution in [0, 0.1) is 11.3 Å². The molecule has 0 heterocycles. The molecule has 18 heavy (non-hydrogen) atoms. The molecule has 94 valence electrons. The number of amides is 2. The lowest BCUT2D eigenvalue weighted by atomic mass is 10.2. The molecule has 5 nitrogen and oxygen atoms in total. The van der Waals surface area contributed by atoms with Crippen LogP contribution in [0.2, 0.25) is 5.02 Å². The lowest BCUT2D eigenvalue weighted by molar-refractivity contribution is -0.115. The van der Waals surface area contributed by atoms with E-state index >= 15 is 0 Å². The number of rotatable bonds is 4. The third-order valence-electron chi connectivity index (χ3n) is 2.07. The summed E-state index contributed by atoms with van der Waals surface area (Å²) < 4.78 is 0. The first kappa shape index (κ1) is 14.0. The maximum absolute atomic E-state index is 11.7. The zero-order valence-electron chi connectivity index (χ0n) is 9.79. The van der Waals surface area contributed by atoms with Crippen molar-refractivity contribution in [2.24, 2.45) is 0 Å². The smallest absolute Gasteiger partial charge is 0.252 e. The topological polar surface area (TPSA) is 82.0 Å². The van der Waals surface area contributed by atoms with Crippen molar-refractivity contribution in [2.45, 2.75) is 13.3 Å². The van der Waals surface area contributed by atoms with Crippen molar-refractivity contribution in [3.8, 4) is 6.07 Å². The fourth-order valence-corrected chi connectivity index (χ4v) is 1.51. The minimum absolute atomic E-state index is 0.237. The average Bonchev–Trinajstić information content (AvgIpc) is 2.32. The van der Waals surface area contributed by atoms with E-state index in [4.69, 9.17) is 16.9 Å². The van der Waals surface area contributed by atoms with Gasteiger partial charge in [0.2, 0.25) is 5.91 Å². The Morgan fingerprint density at radius 3 is 2.78 bits per heavy atom. The first-order chi connectivity index (χ1) is 8.58. The molecule has 1 aromatic carbocycles. The maximum atomic E-state index is 11.7. The Bertz CT molecular complexity index is 509. The molecule has 0 aliphatic carbocycles. The lowest BCUT2D eigenvalue weighted by Crippen LogP contribution is -2.23. The van der Waals surface area contributed by atoms with Crippen LogP contribution in [0.1, 0.15) is 23.7 Å². The van der Waals surface area contributed by atoms with Crippen LogP contribution in [0.3, 0.4) is 0 Å². The Morgan fingerprint density at radius 1 is 1.44 bits per heavy atom. The van der Waals surface area contributed by atoms with Crippen molar-refractivity contribution in [1.82, 2.24) is 5.32 Å². The largest absolute Gasteiger partial charge is 0.352 e. The number of carbonyl (C=O) groups is 2. The van der Waals surface area contributed by atoms with Crippen molar-refractivity contribution in [3.63, 3.8) is 0 Å². The third kappa shape index (κ3) is 3.75. The average molecular weight is 266 g/mol. The maximum Gasteiger partial charge on any atom is 0.252 e. The standard InChI is InChI=1S/C12H12ClN3O2/c1-2-15-12(18)9-7-8(3-4-10(9)13)16-11(17)5-6-14/h3-4,7H,2,5H2,1H3,(H,15,18)(H,16,17). The number of nitriles is 1. The number of carbonyl (C=O) groups excluding carboxylic acids is 2. The summed E-state index contributed by atoms with van der Waals surface area (Å²) >= 11 is 5.90. The van der Waals surface area contributed by atoms with Crippen LogP contribution >= 0.6 is 11.6 Å². The second kappa shape index (κ2) is 6.62. The van der Waals surface area contributed by atoms with Gasteiger partial charge in [0.15, 0.2) is 0 Å². The minimum Gasteiger partial charge on any atom is -0.352 e. The summed E-state index contributed by atoms with van der Waals surface area (Å²) in [5.74, 6) is -0.736. The Labute approximate surface area is 110 Å². The van der Waals surface area contributed by atoms with Gasteiger partial charge in [-0.1, -0.05) is 11.6 Å². The van der Waals surface area contributed by atoms with Crippen LogP contribution < -0.4 is 10.6 Å². The van der Waals surface area contributed by atoms with Gasteiger partial charge in [0, 0.05) is 12.2 Å². The predicted molar refractivity (Wildman–Crippen MR) is 68.3 cm³/mol. The van der Waals surface area contributed by atoms with Crippen LogP contribution in [0.25, 0.3) is 0 Å². The number of hydrogen-bond donors (Lipinski definition) is 2. The molecule has 2 amide bonds. The predicted octanol–water partition coefficient (Wildman–Crippen LogP) is 1.94. The summed E-state index contributed by atoms with van der Waals surface area (Å²) in [7, 11) is 0. The number of nitrogens with one attached hydrogen (secondary N) is 2. The highest BCUT2D eigenvalue weighted by Crippen LogP contribution is 2.20. The van der Waals surface area contributed by atoms with Crippen LogP contribution in [0.4, 0.5) is 5.69 Å². The highest BCUT2D eigenvalue weighted by molar-refractivity contribution is 6.34. The zero-order chi connectivity index (χ0) is 13.5. The highest BCUT2D eigenvalue weighted by atomic mass is 35.5. The number of hydrogen-bond acceptors (Lipinski definition) is 3. The normalized spacial score (nSPS) is 9.39. The van der Waals surface area contributed by atoms with E-state index < -0.39 is 5.91 Å². The molecule has 0 atom stereocenters. The summed E-state index contributed by atoms with van der Waals surface area (Å²) in [6.07, 6.45) is -0.237. The number of nitrogens with zero attached hydrogens (tertiary/aromatic N) is 1. The molecule has 1 rings (SSSR count). The summed E-state index contributed by atoms with van der Waals surface area (Å²) in [5.41, 5.74) is 0.717. The number of anilines is 1. The Hall–Kier alpha value is -2.06. The van der Waals surface area contributed by atoms with E-state index in [9.17, 15) is 9.59 Å². The second-order valence-electron chi connectivity index (χ2n) is 3.44. The van der Waals surface area contributed by atoms with Crippen LogP contribution in [0.5, 0.6) is 0 Å². The summed E-state index contributed by atoms with van der Waals surface area (Å²) in [6, 6.07) is 6.31. The first-order valence-corrected chi connectivity index (χ1v) is 5.70. The molecule has 6 heteroatoms. The van der Waals surface area contributed by atoms with Gasteiger partial charge in [0.25, 0.3) is 5.91 Å². The molecular weight excluding hydrogens is 254 g/mol. The zero-order valence-corrected chi connectivity index (χ0v) is 10.5. The van der Waals surface area contributed by atoms with Crippen LogP contribution in [-0.4, -0.2) is 18.4 Å². The quantitative estimate of drug-likeness (QED) is 0.873. The first-order valence-electron chi connectivity index (χ1n) is 5.33. The minimum atomic E-state index is -0.429. The fraction of sp³-hybridized carbons (Fsp3) is 0.250. The van der Waals surface area contributed by atoms with Gasteiger partial charge in [0.1, 0.15) is 6.42 Å². The molecule has 0 aliphatic heterocycles. The van der Waals surface area contributed by atoms with E-state index in [1.165, 1.54) is 12.1 Å². The molecule has 0 saturated heterocycles. The molecular formula is C12H12ClN3O2. The van der Waals surface area contributed by atoms with Crippen molar-refractivity contribution < 1.29 is 9.59 Å². The highest BCUT2D eigenvalue weighted by Gasteiger charge is 2.11. The molecule has 0 bridgehead atoms. The molecule has 0 fully saturated rings. The Kier molecular flexibility index (Phi) is 5.15. The van der Waals surface area contributed by atoms with Crippen molar-refractivity contribution in [2.75, 3.05) is 11.9 Å². The molecule has 0 aliphatic rings. The molecule has 0 spiro atoms. The molecule has 0 saturated carbocycles. The molecule has 2 N–H and O–H groups in total. The summed E-state index contributed by atoms with van der Waals surface area (Å²) in [4.78, 5) is 22.9. The Balaban J connectivity index is 2.91.